The highest BCUT2D eigenvalue weighted by Crippen LogP contribution is 2.32. The largest absolute Gasteiger partial charge is 0.495 e. The van der Waals surface area contributed by atoms with Crippen LogP contribution in [0.1, 0.15) is 49.6 Å². The second-order valence-electron chi connectivity index (χ2n) is 9.96. The molecule has 4 aromatic rings. The van der Waals surface area contributed by atoms with Crippen LogP contribution in [0, 0.1) is 0 Å². The number of anilines is 3. The summed E-state index contributed by atoms with van der Waals surface area (Å²) in [6.07, 6.45) is 2.81. The molecule has 5 rings (SSSR count). The van der Waals surface area contributed by atoms with Gasteiger partial charge in [-0.25, -0.2) is 0 Å². The van der Waals surface area contributed by atoms with Crippen molar-refractivity contribution in [2.75, 3.05) is 42.4 Å². The number of carbonyl (C=O) groups is 3. The van der Waals surface area contributed by atoms with Crippen molar-refractivity contribution in [3.63, 3.8) is 0 Å². The van der Waals surface area contributed by atoms with E-state index in [1.807, 2.05) is 6.07 Å². The highest BCUT2D eigenvalue weighted by atomic mass is 16.5. The fourth-order valence-electron chi connectivity index (χ4n) is 4.86. The van der Waals surface area contributed by atoms with E-state index >= 15 is 0 Å². The van der Waals surface area contributed by atoms with E-state index in [4.69, 9.17) is 4.74 Å². The van der Waals surface area contributed by atoms with Gasteiger partial charge in [0, 0.05) is 54.4 Å². The Labute approximate surface area is 238 Å². The SMILES string of the molecule is COc1cc(C(=O)Nc2ccc(C(=O)c3ccc(N(C)C(=O)c4ccc[nH]4)cc3)cc2)ccc1N1CCC(O)CC1. The van der Waals surface area contributed by atoms with E-state index in [1.54, 1.807) is 93.2 Å². The number of piperidine rings is 1. The van der Waals surface area contributed by atoms with Crippen LogP contribution in [0.2, 0.25) is 0 Å². The number of H-pyrrole nitrogens is 1. The summed E-state index contributed by atoms with van der Waals surface area (Å²) in [4.78, 5) is 45.1. The third kappa shape index (κ3) is 6.15. The lowest BCUT2D eigenvalue weighted by molar-refractivity contribution is 0.0986. The Morgan fingerprint density at radius 1 is 0.927 bits per heavy atom. The maximum Gasteiger partial charge on any atom is 0.274 e. The first kappa shape index (κ1) is 27.7. The number of carbonyl (C=O) groups excluding carboxylic acids is 3. The maximum absolute atomic E-state index is 13.0. The number of nitrogens with one attached hydrogen (secondary N) is 2. The molecule has 210 valence electrons. The standard InChI is InChI=1S/C32H32N4O5/c1-35(32(40)27-4-3-17-33-27)25-12-7-22(8-13-25)30(38)21-5-10-24(11-6-21)34-31(39)23-9-14-28(29(20-23)41-2)36-18-15-26(37)16-19-36/h3-14,17,20,26,33,37H,15-16,18-19H2,1-2H3,(H,34,39). The molecule has 0 aliphatic carbocycles. The van der Waals surface area contributed by atoms with Crippen molar-refractivity contribution >= 4 is 34.7 Å². The zero-order valence-corrected chi connectivity index (χ0v) is 23.0. The molecule has 0 bridgehead atoms. The zero-order chi connectivity index (χ0) is 28.9. The van der Waals surface area contributed by atoms with Gasteiger partial charge >= 0.3 is 0 Å². The molecule has 2 amide bonds. The van der Waals surface area contributed by atoms with Crippen molar-refractivity contribution in [3.8, 4) is 5.75 Å². The van der Waals surface area contributed by atoms with Gasteiger partial charge in [0.15, 0.2) is 5.78 Å². The van der Waals surface area contributed by atoms with Crippen molar-refractivity contribution in [3.05, 3.63) is 107 Å². The van der Waals surface area contributed by atoms with Crippen LogP contribution < -0.4 is 19.9 Å². The lowest BCUT2D eigenvalue weighted by Crippen LogP contribution is -2.36. The predicted octanol–water partition coefficient (Wildman–Crippen LogP) is 4.74. The molecule has 0 unspecified atom stereocenters. The molecule has 41 heavy (non-hydrogen) atoms. The second kappa shape index (κ2) is 12.1. The smallest absolute Gasteiger partial charge is 0.274 e. The van der Waals surface area contributed by atoms with E-state index in [0.29, 0.717) is 52.4 Å². The van der Waals surface area contributed by atoms with Crippen molar-refractivity contribution in [1.82, 2.24) is 4.98 Å². The fraction of sp³-hybridized carbons (Fsp3) is 0.219. The number of methoxy groups -OCH3 is 1. The number of hydrogen-bond acceptors (Lipinski definition) is 6. The summed E-state index contributed by atoms with van der Waals surface area (Å²) >= 11 is 0. The Morgan fingerprint density at radius 2 is 1.56 bits per heavy atom. The summed E-state index contributed by atoms with van der Waals surface area (Å²) in [5.74, 6) is -0.0420. The van der Waals surface area contributed by atoms with Gasteiger partial charge in [0.05, 0.1) is 18.9 Å². The van der Waals surface area contributed by atoms with Gasteiger partial charge in [-0.3, -0.25) is 14.4 Å². The highest BCUT2D eigenvalue weighted by molar-refractivity contribution is 6.10. The van der Waals surface area contributed by atoms with Gasteiger partial charge in [-0.05, 0) is 91.7 Å². The van der Waals surface area contributed by atoms with Crippen LogP contribution in [0.5, 0.6) is 5.75 Å². The molecule has 1 aliphatic heterocycles. The molecule has 2 heterocycles. The van der Waals surface area contributed by atoms with Crippen LogP contribution in [0.4, 0.5) is 17.1 Å². The normalized spacial score (nSPS) is 13.5. The van der Waals surface area contributed by atoms with Gasteiger partial charge in [0.25, 0.3) is 11.8 Å². The van der Waals surface area contributed by atoms with Crippen molar-refractivity contribution in [2.24, 2.45) is 0 Å². The van der Waals surface area contributed by atoms with E-state index < -0.39 is 0 Å². The molecule has 0 spiro atoms. The molecule has 0 atom stereocenters. The zero-order valence-electron chi connectivity index (χ0n) is 23.0. The molecule has 1 saturated heterocycles. The van der Waals surface area contributed by atoms with Crippen molar-refractivity contribution in [1.29, 1.82) is 0 Å². The molecule has 0 saturated carbocycles. The van der Waals surface area contributed by atoms with Gasteiger partial charge in [-0.15, -0.1) is 0 Å². The Hall–Kier alpha value is -4.89. The van der Waals surface area contributed by atoms with Gasteiger partial charge in [-0.2, -0.15) is 0 Å². The maximum atomic E-state index is 13.0. The topological polar surface area (TPSA) is 115 Å². The molecule has 1 aromatic heterocycles. The number of aliphatic hydroxyl groups is 1. The molecule has 1 aliphatic rings. The van der Waals surface area contributed by atoms with Crippen LogP contribution in [0.3, 0.4) is 0 Å². The molecule has 0 radical (unpaired) electrons. The third-order valence-corrected chi connectivity index (χ3v) is 7.30. The molecular weight excluding hydrogens is 520 g/mol. The average Bonchev–Trinajstić information content (AvgIpc) is 3.56. The molecule has 1 fully saturated rings. The number of aromatic nitrogens is 1. The van der Waals surface area contributed by atoms with Crippen LogP contribution >= 0.6 is 0 Å². The van der Waals surface area contributed by atoms with Gasteiger partial charge in [0.1, 0.15) is 11.4 Å². The minimum Gasteiger partial charge on any atom is -0.495 e. The number of aromatic amines is 1. The number of ether oxygens (including phenoxy) is 1. The van der Waals surface area contributed by atoms with Crippen molar-refractivity contribution < 1.29 is 24.2 Å². The predicted molar refractivity (Wildman–Crippen MR) is 158 cm³/mol. The van der Waals surface area contributed by atoms with Gasteiger partial charge < -0.3 is 29.9 Å². The van der Waals surface area contributed by atoms with E-state index in [2.05, 4.69) is 15.2 Å². The first-order chi connectivity index (χ1) is 19.8. The lowest BCUT2D eigenvalue weighted by atomic mass is 10.0. The number of benzene rings is 3. The number of rotatable bonds is 8. The summed E-state index contributed by atoms with van der Waals surface area (Å²) in [6, 6.07) is 22.4. The minimum absolute atomic E-state index is 0.168. The van der Waals surface area contributed by atoms with E-state index in [0.717, 1.165) is 18.8 Å². The summed E-state index contributed by atoms with van der Waals surface area (Å²) in [7, 11) is 3.25. The molecular formula is C32H32N4O5. The summed E-state index contributed by atoms with van der Waals surface area (Å²) in [5.41, 5.74) is 4.01. The Bertz CT molecular complexity index is 1520. The van der Waals surface area contributed by atoms with Crippen LogP contribution in [-0.2, 0) is 0 Å². The highest BCUT2D eigenvalue weighted by Gasteiger charge is 2.21. The summed E-state index contributed by atoms with van der Waals surface area (Å²) in [6.45, 7) is 1.45. The fourth-order valence-corrected chi connectivity index (χ4v) is 4.86. The molecule has 9 nitrogen and oxygen atoms in total. The number of hydrogen-bond donors (Lipinski definition) is 3. The van der Waals surface area contributed by atoms with Crippen LogP contribution in [-0.4, -0.2) is 61.0 Å². The Kier molecular flexibility index (Phi) is 8.16. The first-order valence-electron chi connectivity index (χ1n) is 13.4. The number of ketones is 1. The molecule has 3 N–H and O–H groups in total. The number of aliphatic hydroxyl groups excluding tert-OH is 1. The molecule has 9 heteroatoms. The summed E-state index contributed by atoms with van der Waals surface area (Å²) in [5, 5.41) is 12.7. The Morgan fingerprint density at radius 3 is 2.17 bits per heavy atom. The van der Waals surface area contributed by atoms with Crippen LogP contribution in [0.15, 0.2) is 85.1 Å². The van der Waals surface area contributed by atoms with Crippen molar-refractivity contribution in [2.45, 2.75) is 18.9 Å². The van der Waals surface area contributed by atoms with E-state index in [-0.39, 0.29) is 23.7 Å². The average molecular weight is 553 g/mol. The van der Waals surface area contributed by atoms with Gasteiger partial charge in [-0.1, -0.05) is 0 Å². The van der Waals surface area contributed by atoms with E-state index in [9.17, 15) is 19.5 Å². The number of amides is 2. The number of nitrogens with zero attached hydrogens (tertiary/aromatic N) is 2. The monoisotopic (exact) mass is 552 g/mol. The summed E-state index contributed by atoms with van der Waals surface area (Å²) < 4.78 is 5.56. The first-order valence-corrected chi connectivity index (χ1v) is 13.4. The minimum atomic E-state index is -0.295. The third-order valence-electron chi connectivity index (χ3n) is 7.30. The van der Waals surface area contributed by atoms with E-state index in [1.165, 1.54) is 4.90 Å². The molecule has 3 aromatic carbocycles. The van der Waals surface area contributed by atoms with Gasteiger partial charge in [0.2, 0.25) is 0 Å². The second-order valence-corrected chi connectivity index (χ2v) is 9.96. The quantitative estimate of drug-likeness (QED) is 0.272. The Balaban J connectivity index is 1.22. The lowest BCUT2D eigenvalue weighted by Gasteiger charge is -2.32. The van der Waals surface area contributed by atoms with Crippen LogP contribution in [0.25, 0.3) is 0 Å².